The number of halogens is 1. The smallest absolute Gasteiger partial charge is 0.303 e. The van der Waals surface area contributed by atoms with Crippen LogP contribution in [-0.4, -0.2) is 33.7 Å². The highest BCUT2D eigenvalue weighted by Crippen LogP contribution is 2.21. The fraction of sp³-hybridized carbons (Fsp3) is 0.267. The van der Waals surface area contributed by atoms with E-state index in [9.17, 15) is 14.0 Å². The van der Waals surface area contributed by atoms with Gasteiger partial charge in [-0.25, -0.2) is 4.39 Å². The van der Waals surface area contributed by atoms with Crippen molar-refractivity contribution in [2.24, 2.45) is 5.92 Å². The van der Waals surface area contributed by atoms with Gasteiger partial charge in [-0.3, -0.25) is 14.7 Å². The van der Waals surface area contributed by atoms with Crippen LogP contribution in [0.3, 0.4) is 0 Å². The molecule has 0 saturated carbocycles. The summed E-state index contributed by atoms with van der Waals surface area (Å²) in [4.78, 5) is 22.8. The van der Waals surface area contributed by atoms with Gasteiger partial charge in [-0.05, 0) is 30.2 Å². The predicted molar refractivity (Wildman–Crippen MR) is 77.7 cm³/mol. The van der Waals surface area contributed by atoms with Gasteiger partial charge in [0, 0.05) is 18.5 Å². The van der Waals surface area contributed by atoms with Gasteiger partial charge in [0.1, 0.15) is 5.82 Å². The molecule has 0 fully saturated rings. The topological polar surface area (TPSA) is 95.1 Å². The first-order valence-electron chi connectivity index (χ1n) is 6.76. The van der Waals surface area contributed by atoms with Crippen molar-refractivity contribution in [2.75, 3.05) is 6.54 Å². The van der Waals surface area contributed by atoms with Gasteiger partial charge in [0.2, 0.25) is 0 Å². The minimum Gasteiger partial charge on any atom is -0.481 e. The van der Waals surface area contributed by atoms with Crippen LogP contribution in [0.25, 0.3) is 11.3 Å². The zero-order chi connectivity index (χ0) is 16.1. The second kappa shape index (κ2) is 6.84. The second-order valence-electron chi connectivity index (χ2n) is 5.08. The lowest BCUT2D eigenvalue weighted by Crippen LogP contribution is -2.29. The highest BCUT2D eigenvalue weighted by atomic mass is 19.1. The summed E-state index contributed by atoms with van der Waals surface area (Å²) in [6.07, 6.45) is 1.37. The summed E-state index contributed by atoms with van der Waals surface area (Å²) in [5.74, 6) is -1.80. The summed E-state index contributed by atoms with van der Waals surface area (Å²) < 4.78 is 12.9. The number of carbonyl (C=O) groups excluding carboxylic acids is 1. The van der Waals surface area contributed by atoms with E-state index in [0.29, 0.717) is 16.8 Å². The van der Waals surface area contributed by atoms with Crippen LogP contribution in [-0.2, 0) is 4.79 Å². The average Bonchev–Trinajstić information content (AvgIpc) is 2.94. The number of carboxylic acid groups (broad SMARTS) is 1. The number of carboxylic acids is 1. The number of nitrogens with zero attached hydrogens (tertiary/aromatic N) is 1. The van der Waals surface area contributed by atoms with Crippen molar-refractivity contribution >= 4 is 11.9 Å². The van der Waals surface area contributed by atoms with E-state index in [-0.39, 0.29) is 30.6 Å². The molecule has 1 aromatic heterocycles. The Hall–Kier alpha value is -2.70. The van der Waals surface area contributed by atoms with Crippen molar-refractivity contribution in [3.05, 3.63) is 41.8 Å². The number of aromatic nitrogens is 2. The van der Waals surface area contributed by atoms with Crippen molar-refractivity contribution in [1.82, 2.24) is 15.5 Å². The fourth-order valence-corrected chi connectivity index (χ4v) is 2.03. The summed E-state index contributed by atoms with van der Waals surface area (Å²) in [5.41, 5.74) is 1.46. The molecule has 3 N–H and O–H groups in total. The number of carbonyl (C=O) groups is 2. The van der Waals surface area contributed by atoms with Crippen LogP contribution < -0.4 is 5.32 Å². The number of amides is 1. The van der Waals surface area contributed by atoms with Crippen LogP contribution in [0.4, 0.5) is 4.39 Å². The van der Waals surface area contributed by atoms with E-state index >= 15 is 0 Å². The molecular formula is C15H16FN3O3. The molecule has 0 saturated heterocycles. The van der Waals surface area contributed by atoms with Crippen molar-refractivity contribution in [3.8, 4) is 11.3 Å². The molecule has 0 bridgehead atoms. The fourth-order valence-electron chi connectivity index (χ4n) is 2.03. The zero-order valence-electron chi connectivity index (χ0n) is 12.0. The molecule has 1 heterocycles. The van der Waals surface area contributed by atoms with E-state index in [1.165, 1.54) is 18.3 Å². The molecule has 1 aromatic carbocycles. The number of hydrogen-bond acceptors (Lipinski definition) is 3. The number of aromatic amines is 1. The lowest BCUT2D eigenvalue weighted by atomic mass is 10.1. The van der Waals surface area contributed by atoms with E-state index in [0.717, 1.165) is 0 Å². The Morgan fingerprint density at radius 1 is 1.36 bits per heavy atom. The number of aliphatic carboxylic acids is 1. The van der Waals surface area contributed by atoms with Gasteiger partial charge >= 0.3 is 5.97 Å². The molecule has 1 unspecified atom stereocenters. The van der Waals surface area contributed by atoms with Gasteiger partial charge in [0.05, 0.1) is 17.5 Å². The molecule has 0 radical (unpaired) electrons. The largest absolute Gasteiger partial charge is 0.481 e. The van der Waals surface area contributed by atoms with Crippen LogP contribution in [0.2, 0.25) is 0 Å². The van der Waals surface area contributed by atoms with Crippen LogP contribution in [0, 0.1) is 11.7 Å². The zero-order valence-corrected chi connectivity index (χ0v) is 12.0. The minimum atomic E-state index is -0.905. The maximum absolute atomic E-state index is 12.9. The highest BCUT2D eigenvalue weighted by molar-refractivity contribution is 5.99. The van der Waals surface area contributed by atoms with E-state index < -0.39 is 5.97 Å². The molecule has 2 aromatic rings. The molecule has 1 atom stereocenters. The minimum absolute atomic E-state index is 0.0174. The van der Waals surface area contributed by atoms with Gasteiger partial charge in [-0.15, -0.1) is 0 Å². The number of H-pyrrole nitrogens is 1. The van der Waals surface area contributed by atoms with E-state index in [4.69, 9.17) is 5.11 Å². The Morgan fingerprint density at radius 3 is 2.68 bits per heavy atom. The SMILES string of the molecule is CC(CNC(=O)c1cn[nH]c1-c1ccc(F)cc1)CC(=O)O. The number of hydrogen-bond donors (Lipinski definition) is 3. The number of rotatable bonds is 6. The molecule has 0 aliphatic rings. The Labute approximate surface area is 126 Å². The quantitative estimate of drug-likeness (QED) is 0.761. The van der Waals surface area contributed by atoms with Crippen LogP contribution >= 0.6 is 0 Å². The lowest BCUT2D eigenvalue weighted by molar-refractivity contribution is -0.137. The third-order valence-electron chi connectivity index (χ3n) is 3.15. The first-order chi connectivity index (χ1) is 10.5. The molecule has 0 aliphatic carbocycles. The van der Waals surface area contributed by atoms with Crippen molar-refractivity contribution < 1.29 is 19.1 Å². The Kier molecular flexibility index (Phi) is 4.88. The Bertz CT molecular complexity index is 667. The molecule has 116 valence electrons. The van der Waals surface area contributed by atoms with Crippen molar-refractivity contribution in [3.63, 3.8) is 0 Å². The highest BCUT2D eigenvalue weighted by Gasteiger charge is 2.16. The molecule has 1 amide bonds. The van der Waals surface area contributed by atoms with Gasteiger partial charge in [0.25, 0.3) is 5.91 Å². The number of benzene rings is 1. The van der Waals surface area contributed by atoms with Gasteiger partial charge in [-0.2, -0.15) is 5.10 Å². The lowest BCUT2D eigenvalue weighted by Gasteiger charge is -2.10. The third-order valence-corrected chi connectivity index (χ3v) is 3.15. The predicted octanol–water partition coefficient (Wildman–Crippen LogP) is 2.06. The van der Waals surface area contributed by atoms with Crippen LogP contribution in [0.1, 0.15) is 23.7 Å². The average molecular weight is 305 g/mol. The third kappa shape index (κ3) is 3.91. The van der Waals surface area contributed by atoms with E-state index in [1.54, 1.807) is 19.1 Å². The Morgan fingerprint density at radius 2 is 2.05 bits per heavy atom. The van der Waals surface area contributed by atoms with Crippen LogP contribution in [0.5, 0.6) is 0 Å². The van der Waals surface area contributed by atoms with Gasteiger partial charge in [-0.1, -0.05) is 6.92 Å². The Balaban J connectivity index is 2.07. The first kappa shape index (κ1) is 15.7. The molecule has 22 heavy (non-hydrogen) atoms. The van der Waals surface area contributed by atoms with Crippen LogP contribution in [0.15, 0.2) is 30.5 Å². The molecule has 0 spiro atoms. The van der Waals surface area contributed by atoms with E-state index in [1.807, 2.05) is 0 Å². The molecule has 0 aliphatic heterocycles. The summed E-state index contributed by atoms with van der Waals surface area (Å²) in [7, 11) is 0. The molecule has 2 rings (SSSR count). The van der Waals surface area contributed by atoms with Crippen molar-refractivity contribution in [2.45, 2.75) is 13.3 Å². The normalized spacial score (nSPS) is 11.9. The molecule has 6 nitrogen and oxygen atoms in total. The number of nitrogens with one attached hydrogen (secondary N) is 2. The maximum Gasteiger partial charge on any atom is 0.303 e. The first-order valence-corrected chi connectivity index (χ1v) is 6.76. The van der Waals surface area contributed by atoms with Crippen molar-refractivity contribution in [1.29, 1.82) is 0 Å². The van der Waals surface area contributed by atoms with Gasteiger partial charge < -0.3 is 10.4 Å². The summed E-state index contributed by atoms with van der Waals surface area (Å²) >= 11 is 0. The molecule has 7 heteroatoms. The molecular weight excluding hydrogens is 289 g/mol. The standard InChI is InChI=1S/C15H16FN3O3/c1-9(6-13(20)21)7-17-15(22)12-8-18-19-14(12)10-2-4-11(16)5-3-10/h2-5,8-9H,6-7H2,1H3,(H,17,22)(H,18,19)(H,20,21). The van der Waals surface area contributed by atoms with Gasteiger partial charge in [0.15, 0.2) is 0 Å². The second-order valence-corrected chi connectivity index (χ2v) is 5.08. The summed E-state index contributed by atoms with van der Waals surface area (Å²) in [6.45, 7) is 1.99. The summed E-state index contributed by atoms with van der Waals surface area (Å²) in [6, 6.07) is 5.69. The summed E-state index contributed by atoms with van der Waals surface area (Å²) in [5, 5.41) is 17.9. The maximum atomic E-state index is 12.9. The van der Waals surface area contributed by atoms with E-state index in [2.05, 4.69) is 15.5 Å². The monoisotopic (exact) mass is 305 g/mol.